The summed E-state index contributed by atoms with van der Waals surface area (Å²) in [7, 11) is 0. The second kappa shape index (κ2) is 6.35. The topological polar surface area (TPSA) is 51.2 Å². The highest BCUT2D eigenvalue weighted by Crippen LogP contribution is 2.38. The Labute approximate surface area is 127 Å². The van der Waals surface area contributed by atoms with Gasteiger partial charge in [0, 0.05) is 16.7 Å². The Balaban J connectivity index is 1.75. The van der Waals surface area contributed by atoms with E-state index in [4.69, 9.17) is 9.72 Å². The number of fused-ring (bicyclic) bond motifs is 1. The predicted octanol–water partition coefficient (Wildman–Crippen LogP) is 3.04. The van der Waals surface area contributed by atoms with E-state index in [1.54, 1.807) is 11.3 Å². The van der Waals surface area contributed by atoms with Crippen LogP contribution in [0.3, 0.4) is 0 Å². The number of carbonyl (C=O) groups is 1. The lowest BCUT2D eigenvalue weighted by molar-refractivity contribution is -0.145. The summed E-state index contributed by atoms with van der Waals surface area (Å²) in [4.78, 5) is 18.0. The number of aryl methyl sites for hydroxylation is 1. The Bertz CT molecular complexity index is 484. The smallest absolute Gasteiger partial charge is 0.315 e. The van der Waals surface area contributed by atoms with Gasteiger partial charge in [-0.15, -0.1) is 11.3 Å². The fourth-order valence-electron chi connectivity index (χ4n) is 2.78. The van der Waals surface area contributed by atoms with Crippen molar-refractivity contribution >= 4 is 34.2 Å². The third kappa shape index (κ3) is 2.96. The number of nitrogens with zero attached hydrogens (tertiary/aromatic N) is 1. The molecule has 0 aromatic carbocycles. The molecule has 0 saturated carbocycles. The molecule has 0 amide bonds. The van der Waals surface area contributed by atoms with E-state index in [1.165, 1.54) is 17.1 Å². The number of thiazole rings is 1. The van der Waals surface area contributed by atoms with Gasteiger partial charge in [0.2, 0.25) is 0 Å². The molecule has 0 radical (unpaired) electrons. The SMILES string of the molecule is CCOC(=O)C1CCCc2sc(NC3CCSC3)nc21. The highest BCUT2D eigenvalue weighted by atomic mass is 32.2. The molecule has 1 aromatic heterocycles. The molecule has 2 unspecified atom stereocenters. The molecule has 0 spiro atoms. The molecule has 1 aliphatic carbocycles. The number of ether oxygens (including phenoxy) is 1. The van der Waals surface area contributed by atoms with Crippen molar-refractivity contribution in [3.63, 3.8) is 0 Å². The second-order valence-corrected chi connectivity index (χ2v) is 7.46. The van der Waals surface area contributed by atoms with Crippen LogP contribution in [0.5, 0.6) is 0 Å². The molecule has 6 heteroatoms. The van der Waals surface area contributed by atoms with Gasteiger partial charge in [-0.3, -0.25) is 4.79 Å². The average molecular weight is 312 g/mol. The van der Waals surface area contributed by atoms with Gasteiger partial charge in [-0.1, -0.05) is 0 Å². The third-order valence-electron chi connectivity index (χ3n) is 3.78. The number of hydrogen-bond acceptors (Lipinski definition) is 6. The molecule has 1 aliphatic heterocycles. The van der Waals surface area contributed by atoms with Crippen LogP contribution < -0.4 is 5.32 Å². The minimum atomic E-state index is -0.150. The first-order chi connectivity index (χ1) is 9.78. The van der Waals surface area contributed by atoms with Crippen LogP contribution in [0.25, 0.3) is 0 Å². The number of carbonyl (C=O) groups excluding carboxylic acids is 1. The van der Waals surface area contributed by atoms with Crippen molar-refractivity contribution in [2.45, 2.75) is 44.6 Å². The van der Waals surface area contributed by atoms with Crippen LogP contribution in [-0.4, -0.2) is 35.1 Å². The Morgan fingerprint density at radius 2 is 2.40 bits per heavy atom. The van der Waals surface area contributed by atoms with Crippen LogP contribution in [0.2, 0.25) is 0 Å². The number of nitrogens with one attached hydrogen (secondary N) is 1. The minimum absolute atomic E-state index is 0.110. The molecule has 110 valence electrons. The van der Waals surface area contributed by atoms with Gasteiger partial charge in [0.1, 0.15) is 5.92 Å². The quantitative estimate of drug-likeness (QED) is 0.866. The molecule has 1 saturated heterocycles. The first-order valence-electron chi connectivity index (χ1n) is 7.28. The van der Waals surface area contributed by atoms with E-state index >= 15 is 0 Å². The van der Waals surface area contributed by atoms with Crippen molar-refractivity contribution in [1.29, 1.82) is 0 Å². The lowest BCUT2D eigenvalue weighted by Crippen LogP contribution is -2.21. The molecule has 20 heavy (non-hydrogen) atoms. The first-order valence-corrected chi connectivity index (χ1v) is 9.25. The Hall–Kier alpha value is -0.750. The first kappa shape index (κ1) is 14.2. The normalized spacial score (nSPS) is 25.2. The highest BCUT2D eigenvalue weighted by Gasteiger charge is 2.31. The van der Waals surface area contributed by atoms with E-state index in [9.17, 15) is 4.79 Å². The fraction of sp³-hybridized carbons (Fsp3) is 0.714. The van der Waals surface area contributed by atoms with Gasteiger partial charge in [0.15, 0.2) is 5.13 Å². The number of esters is 1. The van der Waals surface area contributed by atoms with Gasteiger partial charge in [0.25, 0.3) is 0 Å². The molecule has 1 fully saturated rings. The summed E-state index contributed by atoms with van der Waals surface area (Å²) in [5, 5.41) is 4.51. The number of thioether (sulfide) groups is 1. The van der Waals surface area contributed by atoms with Crippen molar-refractivity contribution in [3.8, 4) is 0 Å². The zero-order chi connectivity index (χ0) is 13.9. The van der Waals surface area contributed by atoms with Crippen LogP contribution in [0.4, 0.5) is 5.13 Å². The van der Waals surface area contributed by atoms with Gasteiger partial charge in [-0.2, -0.15) is 11.8 Å². The number of hydrogen-bond donors (Lipinski definition) is 1. The Kier molecular flexibility index (Phi) is 4.51. The molecular weight excluding hydrogens is 292 g/mol. The van der Waals surface area contributed by atoms with E-state index in [-0.39, 0.29) is 11.9 Å². The zero-order valence-corrected chi connectivity index (χ0v) is 13.3. The Morgan fingerprint density at radius 3 is 3.15 bits per heavy atom. The number of rotatable bonds is 4. The van der Waals surface area contributed by atoms with Crippen LogP contribution in [-0.2, 0) is 16.0 Å². The maximum Gasteiger partial charge on any atom is 0.315 e. The number of aromatic nitrogens is 1. The minimum Gasteiger partial charge on any atom is -0.465 e. The molecule has 3 rings (SSSR count). The monoisotopic (exact) mass is 312 g/mol. The molecule has 4 nitrogen and oxygen atoms in total. The lowest BCUT2D eigenvalue weighted by Gasteiger charge is -2.19. The summed E-state index contributed by atoms with van der Waals surface area (Å²) in [5.74, 6) is 2.13. The van der Waals surface area contributed by atoms with Gasteiger partial charge in [-0.25, -0.2) is 4.98 Å². The van der Waals surface area contributed by atoms with Crippen molar-refractivity contribution in [1.82, 2.24) is 4.98 Å². The Morgan fingerprint density at radius 1 is 1.50 bits per heavy atom. The van der Waals surface area contributed by atoms with E-state index in [0.29, 0.717) is 12.6 Å². The molecule has 2 aliphatic rings. The van der Waals surface area contributed by atoms with Crippen molar-refractivity contribution in [2.75, 3.05) is 23.4 Å². The van der Waals surface area contributed by atoms with Gasteiger partial charge < -0.3 is 10.1 Å². The third-order valence-corrected chi connectivity index (χ3v) is 6.01. The summed E-state index contributed by atoms with van der Waals surface area (Å²) in [6, 6.07) is 0.536. The summed E-state index contributed by atoms with van der Waals surface area (Å²) >= 11 is 3.71. The van der Waals surface area contributed by atoms with E-state index < -0.39 is 0 Å². The highest BCUT2D eigenvalue weighted by molar-refractivity contribution is 7.99. The maximum atomic E-state index is 12.0. The lowest BCUT2D eigenvalue weighted by atomic mass is 9.91. The second-order valence-electron chi connectivity index (χ2n) is 5.23. The van der Waals surface area contributed by atoms with Crippen LogP contribution in [0.1, 0.15) is 42.7 Å². The fourth-order valence-corrected chi connectivity index (χ4v) is 5.07. The van der Waals surface area contributed by atoms with E-state index in [2.05, 4.69) is 5.32 Å². The molecule has 2 atom stereocenters. The molecular formula is C14H20N2O2S2. The number of anilines is 1. The van der Waals surface area contributed by atoms with Gasteiger partial charge in [0.05, 0.1) is 12.3 Å². The summed E-state index contributed by atoms with van der Waals surface area (Å²) in [6.45, 7) is 2.30. The standard InChI is InChI=1S/C14H20N2O2S2/c1-2-18-13(17)10-4-3-5-11-12(10)16-14(20-11)15-9-6-7-19-8-9/h9-10H,2-8H2,1H3,(H,15,16). The van der Waals surface area contributed by atoms with Crippen molar-refractivity contribution < 1.29 is 9.53 Å². The molecule has 1 aromatic rings. The van der Waals surface area contributed by atoms with Crippen LogP contribution in [0, 0.1) is 0 Å². The zero-order valence-electron chi connectivity index (χ0n) is 11.7. The van der Waals surface area contributed by atoms with E-state index in [0.717, 1.165) is 35.8 Å². The van der Waals surface area contributed by atoms with Gasteiger partial charge >= 0.3 is 5.97 Å². The van der Waals surface area contributed by atoms with Crippen molar-refractivity contribution in [3.05, 3.63) is 10.6 Å². The van der Waals surface area contributed by atoms with Crippen molar-refractivity contribution in [2.24, 2.45) is 0 Å². The molecule has 1 N–H and O–H groups in total. The van der Waals surface area contributed by atoms with E-state index in [1.807, 2.05) is 18.7 Å². The maximum absolute atomic E-state index is 12.0. The summed E-state index contributed by atoms with van der Waals surface area (Å²) in [5.41, 5.74) is 0.966. The van der Waals surface area contributed by atoms with Crippen LogP contribution in [0.15, 0.2) is 0 Å². The molecule has 2 heterocycles. The molecule has 0 bridgehead atoms. The average Bonchev–Trinajstić information content (AvgIpc) is 3.07. The van der Waals surface area contributed by atoms with Gasteiger partial charge in [-0.05, 0) is 38.4 Å². The predicted molar refractivity (Wildman–Crippen MR) is 83.8 cm³/mol. The largest absolute Gasteiger partial charge is 0.465 e. The van der Waals surface area contributed by atoms with Crippen LogP contribution >= 0.6 is 23.1 Å². The summed E-state index contributed by atoms with van der Waals surface area (Å²) in [6.07, 6.45) is 4.17. The summed E-state index contributed by atoms with van der Waals surface area (Å²) < 4.78 is 5.18.